The summed E-state index contributed by atoms with van der Waals surface area (Å²) in [6.07, 6.45) is 3.31. The van der Waals surface area contributed by atoms with Crippen LogP contribution in [0.3, 0.4) is 0 Å². The number of carbonyl (C=O) groups is 1. The minimum atomic E-state index is -0.262. The first-order chi connectivity index (χ1) is 10.3. The van der Waals surface area contributed by atoms with Gasteiger partial charge in [-0.1, -0.05) is 24.3 Å². The molecule has 21 heavy (non-hydrogen) atoms. The van der Waals surface area contributed by atoms with E-state index in [0.29, 0.717) is 11.6 Å². The van der Waals surface area contributed by atoms with E-state index >= 15 is 0 Å². The maximum atomic E-state index is 11.8. The molecule has 0 aliphatic rings. The highest BCUT2D eigenvalue weighted by Crippen LogP contribution is 2.22. The molecule has 0 saturated heterocycles. The van der Waals surface area contributed by atoms with Gasteiger partial charge in [0, 0.05) is 17.8 Å². The molecule has 0 bridgehead atoms. The molecule has 1 amide bonds. The van der Waals surface area contributed by atoms with E-state index in [1.54, 1.807) is 36.7 Å². The van der Waals surface area contributed by atoms with Crippen LogP contribution in [-0.4, -0.2) is 22.5 Å². The fraction of sp³-hybridized carbons (Fsp3) is 0.0625. The first-order valence-electron chi connectivity index (χ1n) is 6.50. The zero-order valence-electron chi connectivity index (χ0n) is 11.2. The molecule has 0 radical (unpaired) electrons. The van der Waals surface area contributed by atoms with Gasteiger partial charge in [0.25, 0.3) is 5.91 Å². The molecule has 0 aliphatic carbocycles. The molecule has 0 atom stereocenters. The number of carbonyl (C=O) groups excluding carboxylic acids is 1. The second-order valence-electron chi connectivity index (χ2n) is 4.38. The number of aromatic nitrogens is 2. The van der Waals surface area contributed by atoms with Crippen molar-refractivity contribution in [1.29, 1.82) is 0 Å². The summed E-state index contributed by atoms with van der Waals surface area (Å²) in [7, 11) is 0. The molecule has 1 N–H and O–H groups in total. The lowest BCUT2D eigenvalue weighted by molar-refractivity contribution is -0.118. The lowest BCUT2D eigenvalue weighted by Gasteiger charge is -2.08. The molecule has 0 unspecified atom stereocenters. The van der Waals surface area contributed by atoms with Crippen LogP contribution in [0.4, 0.5) is 5.82 Å². The number of hydrogen-bond acceptors (Lipinski definition) is 4. The fourth-order valence-electron chi connectivity index (χ4n) is 1.95. The van der Waals surface area contributed by atoms with E-state index in [1.807, 2.05) is 24.3 Å². The molecule has 0 saturated carbocycles. The molecule has 3 rings (SSSR count). The summed E-state index contributed by atoms with van der Waals surface area (Å²) in [6, 6.07) is 14.7. The number of pyridine rings is 2. The summed E-state index contributed by atoms with van der Waals surface area (Å²) < 4.78 is 5.55. The molecule has 0 fully saturated rings. The lowest BCUT2D eigenvalue weighted by Crippen LogP contribution is -2.20. The van der Waals surface area contributed by atoms with Gasteiger partial charge < -0.3 is 10.1 Å². The number of rotatable bonds is 4. The zero-order chi connectivity index (χ0) is 14.5. The average molecular weight is 279 g/mol. The molecule has 5 nitrogen and oxygen atoms in total. The maximum absolute atomic E-state index is 11.8. The van der Waals surface area contributed by atoms with Crippen molar-refractivity contribution in [3.63, 3.8) is 0 Å². The van der Waals surface area contributed by atoms with Gasteiger partial charge in [0.1, 0.15) is 17.1 Å². The lowest BCUT2D eigenvalue weighted by atomic mass is 10.2. The minimum absolute atomic E-state index is 0.0910. The van der Waals surface area contributed by atoms with Crippen LogP contribution < -0.4 is 10.1 Å². The number of para-hydroxylation sites is 1. The van der Waals surface area contributed by atoms with E-state index in [4.69, 9.17) is 4.74 Å². The molecule has 2 heterocycles. The van der Waals surface area contributed by atoms with Gasteiger partial charge in [-0.25, -0.2) is 4.98 Å². The molecular weight excluding hydrogens is 266 g/mol. The van der Waals surface area contributed by atoms with Crippen molar-refractivity contribution in [1.82, 2.24) is 9.97 Å². The van der Waals surface area contributed by atoms with Crippen LogP contribution in [0, 0.1) is 0 Å². The quantitative estimate of drug-likeness (QED) is 0.797. The van der Waals surface area contributed by atoms with Crippen molar-refractivity contribution < 1.29 is 9.53 Å². The van der Waals surface area contributed by atoms with E-state index in [-0.39, 0.29) is 12.5 Å². The third-order valence-corrected chi connectivity index (χ3v) is 2.89. The van der Waals surface area contributed by atoms with Crippen molar-refractivity contribution >= 4 is 22.6 Å². The molecule has 0 spiro atoms. The number of benzene rings is 1. The third-order valence-electron chi connectivity index (χ3n) is 2.89. The Bertz CT molecular complexity index is 754. The molecule has 104 valence electrons. The van der Waals surface area contributed by atoms with Crippen molar-refractivity contribution in [2.45, 2.75) is 0 Å². The number of anilines is 1. The molecule has 0 aliphatic heterocycles. The van der Waals surface area contributed by atoms with Crippen LogP contribution in [0.25, 0.3) is 10.9 Å². The van der Waals surface area contributed by atoms with Crippen molar-refractivity contribution in [3.8, 4) is 5.75 Å². The standard InChI is InChI=1S/C16H13N3O2/c20-15(19-14-8-1-2-9-17-14)11-21-13-7-3-5-12-6-4-10-18-16(12)13/h1-10H,11H2,(H,17,19,20). The average Bonchev–Trinajstić information content (AvgIpc) is 2.54. The Morgan fingerprint density at radius 3 is 2.71 bits per heavy atom. The van der Waals surface area contributed by atoms with Gasteiger partial charge in [0.05, 0.1) is 0 Å². The van der Waals surface area contributed by atoms with Gasteiger partial charge in [0.2, 0.25) is 0 Å². The Labute approximate surface area is 121 Å². The topological polar surface area (TPSA) is 64.1 Å². The number of hydrogen-bond donors (Lipinski definition) is 1. The minimum Gasteiger partial charge on any atom is -0.481 e. The number of fused-ring (bicyclic) bond motifs is 1. The van der Waals surface area contributed by atoms with E-state index in [1.165, 1.54) is 0 Å². The summed E-state index contributed by atoms with van der Waals surface area (Å²) in [5, 5.41) is 3.64. The van der Waals surface area contributed by atoms with Crippen LogP contribution in [0.5, 0.6) is 5.75 Å². The molecule has 2 aromatic heterocycles. The van der Waals surface area contributed by atoms with E-state index in [9.17, 15) is 4.79 Å². The molecule has 5 heteroatoms. The second kappa shape index (κ2) is 6.00. The largest absolute Gasteiger partial charge is 0.481 e. The number of amides is 1. The SMILES string of the molecule is O=C(COc1cccc2cccnc12)Nc1ccccn1. The Hall–Kier alpha value is -2.95. The molecule has 3 aromatic rings. The number of nitrogens with zero attached hydrogens (tertiary/aromatic N) is 2. The zero-order valence-corrected chi connectivity index (χ0v) is 11.2. The normalized spacial score (nSPS) is 10.3. The third kappa shape index (κ3) is 3.14. The smallest absolute Gasteiger partial charge is 0.263 e. The van der Waals surface area contributed by atoms with Gasteiger partial charge >= 0.3 is 0 Å². The van der Waals surface area contributed by atoms with E-state index in [0.717, 1.165) is 10.9 Å². The van der Waals surface area contributed by atoms with Crippen molar-refractivity contribution in [3.05, 3.63) is 60.9 Å². The fourth-order valence-corrected chi connectivity index (χ4v) is 1.95. The predicted octanol–water partition coefficient (Wildman–Crippen LogP) is 2.65. The summed E-state index contributed by atoms with van der Waals surface area (Å²) in [4.78, 5) is 20.1. The van der Waals surface area contributed by atoms with Gasteiger partial charge in [0.15, 0.2) is 6.61 Å². The molecular formula is C16H13N3O2. The highest BCUT2D eigenvalue weighted by atomic mass is 16.5. The summed E-state index contributed by atoms with van der Waals surface area (Å²) >= 11 is 0. The maximum Gasteiger partial charge on any atom is 0.263 e. The van der Waals surface area contributed by atoms with Crippen LogP contribution in [0.2, 0.25) is 0 Å². The van der Waals surface area contributed by atoms with Crippen LogP contribution in [0.15, 0.2) is 60.9 Å². The first-order valence-corrected chi connectivity index (χ1v) is 6.50. The highest BCUT2D eigenvalue weighted by molar-refractivity contribution is 5.91. The van der Waals surface area contributed by atoms with Crippen LogP contribution in [0.1, 0.15) is 0 Å². The number of ether oxygens (including phenoxy) is 1. The Morgan fingerprint density at radius 2 is 1.86 bits per heavy atom. The highest BCUT2D eigenvalue weighted by Gasteiger charge is 2.07. The van der Waals surface area contributed by atoms with Crippen LogP contribution in [-0.2, 0) is 4.79 Å². The van der Waals surface area contributed by atoms with Crippen molar-refractivity contribution in [2.24, 2.45) is 0 Å². The van der Waals surface area contributed by atoms with Crippen LogP contribution >= 0.6 is 0 Å². The van der Waals surface area contributed by atoms with Gasteiger partial charge in [-0.2, -0.15) is 0 Å². The second-order valence-corrected chi connectivity index (χ2v) is 4.38. The van der Waals surface area contributed by atoms with E-state index in [2.05, 4.69) is 15.3 Å². The summed E-state index contributed by atoms with van der Waals surface area (Å²) in [5.41, 5.74) is 0.741. The monoisotopic (exact) mass is 279 g/mol. The van der Waals surface area contributed by atoms with Gasteiger partial charge in [-0.15, -0.1) is 0 Å². The molecule has 1 aromatic carbocycles. The van der Waals surface area contributed by atoms with E-state index < -0.39 is 0 Å². The predicted molar refractivity (Wildman–Crippen MR) is 80.1 cm³/mol. The Balaban J connectivity index is 1.68. The summed E-state index contributed by atoms with van der Waals surface area (Å²) in [5.74, 6) is 0.827. The van der Waals surface area contributed by atoms with Gasteiger partial charge in [-0.05, 0) is 24.3 Å². The first kappa shape index (κ1) is 13.1. The Morgan fingerprint density at radius 1 is 1.00 bits per heavy atom. The van der Waals surface area contributed by atoms with Gasteiger partial charge in [-0.3, -0.25) is 9.78 Å². The van der Waals surface area contributed by atoms with Crippen molar-refractivity contribution in [2.75, 3.05) is 11.9 Å². The Kier molecular flexibility index (Phi) is 3.73. The summed E-state index contributed by atoms with van der Waals surface area (Å²) in [6.45, 7) is -0.0910. The number of nitrogens with one attached hydrogen (secondary N) is 1.